The number of hydrogen-bond donors (Lipinski definition) is 1. The summed E-state index contributed by atoms with van der Waals surface area (Å²) in [4.78, 5) is 29.5. The van der Waals surface area contributed by atoms with E-state index in [1.807, 2.05) is 78.6 Å². The molecule has 0 fully saturated rings. The van der Waals surface area contributed by atoms with Gasteiger partial charge < -0.3 is 10.6 Å². The van der Waals surface area contributed by atoms with Gasteiger partial charge in [0.05, 0.1) is 23.8 Å². The quantitative estimate of drug-likeness (QED) is 0.324. The van der Waals surface area contributed by atoms with E-state index in [0.717, 1.165) is 26.9 Å². The standard InChI is InChI=1S/C28H32BrN5O2/c1-19(2)26(32(15-7-14-30)27(35)22-10-12-23(29)13-11-22)25-17-24-16-20(3)31-34(24)28(36)33(25)18-21-8-5-4-6-9-21/h4-6,8-13,16-17,19,26H,7,14-15,18,30H2,1-3H3. The van der Waals surface area contributed by atoms with Gasteiger partial charge >= 0.3 is 5.69 Å². The number of carbonyl (C=O) groups excluding carboxylic acids is 1. The van der Waals surface area contributed by atoms with Gasteiger partial charge in [-0.1, -0.05) is 60.1 Å². The minimum absolute atomic E-state index is 0.0371. The molecule has 2 aromatic heterocycles. The first kappa shape index (κ1) is 25.9. The Labute approximate surface area is 219 Å². The average Bonchev–Trinajstić information content (AvgIpc) is 3.24. The Bertz CT molecular complexity index is 1390. The number of hydrogen-bond acceptors (Lipinski definition) is 4. The predicted molar refractivity (Wildman–Crippen MR) is 146 cm³/mol. The lowest BCUT2D eigenvalue weighted by Crippen LogP contribution is -2.42. The van der Waals surface area contributed by atoms with Crippen molar-refractivity contribution in [3.63, 3.8) is 0 Å². The van der Waals surface area contributed by atoms with Crippen LogP contribution in [0.4, 0.5) is 0 Å². The molecular formula is C28H32BrN5O2. The molecule has 1 atom stereocenters. The van der Waals surface area contributed by atoms with E-state index in [1.165, 1.54) is 4.52 Å². The van der Waals surface area contributed by atoms with Gasteiger partial charge in [-0.15, -0.1) is 0 Å². The minimum atomic E-state index is -0.343. The summed E-state index contributed by atoms with van der Waals surface area (Å²) >= 11 is 3.45. The van der Waals surface area contributed by atoms with Crippen LogP contribution >= 0.6 is 15.9 Å². The van der Waals surface area contributed by atoms with Gasteiger partial charge in [0.1, 0.15) is 0 Å². The first-order chi connectivity index (χ1) is 17.3. The molecule has 4 aromatic rings. The zero-order valence-corrected chi connectivity index (χ0v) is 22.5. The fraction of sp³-hybridized carbons (Fsp3) is 0.321. The maximum atomic E-state index is 13.9. The summed E-state index contributed by atoms with van der Waals surface area (Å²) in [6.07, 6.45) is 0.655. The molecular weight excluding hydrogens is 518 g/mol. The Balaban J connectivity index is 1.90. The molecule has 0 aliphatic rings. The van der Waals surface area contributed by atoms with Gasteiger partial charge in [0, 0.05) is 22.3 Å². The first-order valence-electron chi connectivity index (χ1n) is 12.2. The number of aryl methyl sites for hydroxylation is 1. The zero-order valence-electron chi connectivity index (χ0n) is 20.9. The van der Waals surface area contributed by atoms with Crippen molar-refractivity contribution < 1.29 is 4.79 Å². The van der Waals surface area contributed by atoms with Gasteiger partial charge in [-0.05, 0) is 67.8 Å². The van der Waals surface area contributed by atoms with E-state index in [1.54, 1.807) is 4.57 Å². The molecule has 2 N–H and O–H groups in total. The highest BCUT2D eigenvalue weighted by atomic mass is 79.9. The molecule has 1 amide bonds. The van der Waals surface area contributed by atoms with Crippen LogP contribution in [0.5, 0.6) is 0 Å². The van der Waals surface area contributed by atoms with E-state index in [-0.39, 0.29) is 23.6 Å². The monoisotopic (exact) mass is 549 g/mol. The lowest BCUT2D eigenvalue weighted by Gasteiger charge is -2.36. The number of rotatable bonds is 9. The van der Waals surface area contributed by atoms with Crippen LogP contribution in [0.3, 0.4) is 0 Å². The molecule has 0 saturated heterocycles. The van der Waals surface area contributed by atoms with Crippen molar-refractivity contribution in [3.05, 3.63) is 104 Å². The molecule has 2 aromatic carbocycles. The number of aromatic nitrogens is 3. The van der Waals surface area contributed by atoms with E-state index < -0.39 is 0 Å². The first-order valence-corrected chi connectivity index (χ1v) is 13.0. The van der Waals surface area contributed by atoms with Crippen molar-refractivity contribution in [1.29, 1.82) is 0 Å². The summed E-state index contributed by atoms with van der Waals surface area (Å²) in [6, 6.07) is 20.8. The average molecular weight is 551 g/mol. The number of fused-ring (bicyclic) bond motifs is 1. The minimum Gasteiger partial charge on any atom is -0.330 e. The van der Waals surface area contributed by atoms with Crippen LogP contribution < -0.4 is 11.4 Å². The number of amides is 1. The Hall–Kier alpha value is -3.23. The lowest BCUT2D eigenvalue weighted by atomic mass is 9.96. The molecule has 7 nitrogen and oxygen atoms in total. The molecule has 0 spiro atoms. The van der Waals surface area contributed by atoms with Crippen LogP contribution in [0.1, 0.15) is 53.6 Å². The van der Waals surface area contributed by atoms with Gasteiger partial charge in [0.25, 0.3) is 5.91 Å². The van der Waals surface area contributed by atoms with Crippen molar-refractivity contribution >= 4 is 27.4 Å². The molecule has 0 bridgehead atoms. The largest absolute Gasteiger partial charge is 0.349 e. The van der Waals surface area contributed by atoms with Crippen molar-refractivity contribution in [2.75, 3.05) is 13.1 Å². The number of halogens is 1. The Morgan fingerprint density at radius 2 is 1.78 bits per heavy atom. The summed E-state index contributed by atoms with van der Waals surface area (Å²) in [6.45, 7) is 7.36. The van der Waals surface area contributed by atoms with Crippen molar-refractivity contribution in [2.45, 2.75) is 39.8 Å². The van der Waals surface area contributed by atoms with Gasteiger partial charge in [0.15, 0.2) is 0 Å². The Morgan fingerprint density at radius 3 is 2.42 bits per heavy atom. The number of nitrogens with zero attached hydrogens (tertiary/aromatic N) is 4. The number of benzene rings is 2. The zero-order chi connectivity index (χ0) is 25.8. The molecule has 0 radical (unpaired) electrons. The number of carbonyl (C=O) groups is 1. The highest BCUT2D eigenvalue weighted by molar-refractivity contribution is 9.10. The molecule has 36 heavy (non-hydrogen) atoms. The van der Waals surface area contributed by atoms with Gasteiger partial charge in [-0.3, -0.25) is 9.36 Å². The SMILES string of the molecule is Cc1cc2cc(C(C(C)C)N(CCCN)C(=O)c3ccc(Br)cc3)n(Cc3ccccc3)c(=O)n2n1. The molecule has 4 rings (SSSR count). The summed E-state index contributed by atoms with van der Waals surface area (Å²) in [5.41, 5.74) is 9.52. The summed E-state index contributed by atoms with van der Waals surface area (Å²) in [7, 11) is 0. The van der Waals surface area contributed by atoms with Gasteiger partial charge in [-0.2, -0.15) is 9.61 Å². The van der Waals surface area contributed by atoms with E-state index in [9.17, 15) is 9.59 Å². The molecule has 0 aliphatic carbocycles. The lowest BCUT2D eigenvalue weighted by molar-refractivity contribution is 0.0609. The highest BCUT2D eigenvalue weighted by Gasteiger charge is 2.31. The topological polar surface area (TPSA) is 85.6 Å². The van der Waals surface area contributed by atoms with E-state index in [0.29, 0.717) is 31.6 Å². The third kappa shape index (κ3) is 5.44. The second-order valence-electron chi connectivity index (χ2n) is 9.38. The molecule has 8 heteroatoms. The second-order valence-corrected chi connectivity index (χ2v) is 10.3. The third-order valence-corrected chi connectivity index (χ3v) is 6.82. The van der Waals surface area contributed by atoms with Crippen molar-refractivity contribution in [1.82, 2.24) is 19.1 Å². The molecule has 188 valence electrons. The number of nitrogens with two attached hydrogens (primary N) is 1. The highest BCUT2D eigenvalue weighted by Crippen LogP contribution is 2.31. The van der Waals surface area contributed by atoms with E-state index >= 15 is 0 Å². The molecule has 2 heterocycles. The molecule has 0 saturated carbocycles. The van der Waals surface area contributed by atoms with Crippen molar-refractivity contribution in [2.24, 2.45) is 11.7 Å². The Morgan fingerprint density at radius 1 is 1.08 bits per heavy atom. The van der Waals surface area contributed by atoms with Crippen LogP contribution in [0.2, 0.25) is 0 Å². The summed E-state index contributed by atoms with van der Waals surface area (Å²) < 4.78 is 4.11. The third-order valence-electron chi connectivity index (χ3n) is 6.29. The van der Waals surface area contributed by atoms with Crippen LogP contribution in [0, 0.1) is 12.8 Å². The maximum absolute atomic E-state index is 13.9. The van der Waals surface area contributed by atoms with Crippen LogP contribution in [-0.4, -0.2) is 38.1 Å². The van der Waals surface area contributed by atoms with Crippen LogP contribution in [0.15, 0.2) is 76.0 Å². The van der Waals surface area contributed by atoms with Crippen LogP contribution in [-0.2, 0) is 6.54 Å². The second kappa shape index (κ2) is 11.2. The molecule has 0 aliphatic heterocycles. The smallest absolute Gasteiger partial charge is 0.330 e. The normalized spacial score (nSPS) is 12.3. The van der Waals surface area contributed by atoms with Crippen molar-refractivity contribution in [3.8, 4) is 0 Å². The fourth-order valence-corrected chi connectivity index (χ4v) is 4.91. The summed E-state index contributed by atoms with van der Waals surface area (Å²) in [5, 5.41) is 4.43. The molecule has 1 unspecified atom stereocenters. The Kier molecular flexibility index (Phi) is 8.06. The van der Waals surface area contributed by atoms with E-state index in [2.05, 4.69) is 34.9 Å². The van der Waals surface area contributed by atoms with Gasteiger partial charge in [0.2, 0.25) is 0 Å². The van der Waals surface area contributed by atoms with Gasteiger partial charge in [-0.25, -0.2) is 4.79 Å². The fourth-order valence-electron chi connectivity index (χ4n) is 4.65. The van der Waals surface area contributed by atoms with Crippen LogP contribution in [0.25, 0.3) is 5.52 Å². The summed E-state index contributed by atoms with van der Waals surface area (Å²) in [5.74, 6) is -0.0482. The maximum Gasteiger partial charge on any atom is 0.349 e. The predicted octanol–water partition coefficient (Wildman–Crippen LogP) is 4.80. The van der Waals surface area contributed by atoms with E-state index in [4.69, 9.17) is 5.73 Å².